The van der Waals surface area contributed by atoms with Crippen LogP contribution in [0.5, 0.6) is 5.88 Å². The van der Waals surface area contributed by atoms with Gasteiger partial charge in [-0.05, 0) is 25.0 Å². The van der Waals surface area contributed by atoms with Crippen molar-refractivity contribution in [3.63, 3.8) is 0 Å². The Hall–Kier alpha value is -3.67. The molecular formula is C19H17N5O4. The lowest BCUT2D eigenvalue weighted by molar-refractivity contribution is -0.134. The number of nitrogens with zero attached hydrogens (tertiary/aromatic N) is 5. The lowest BCUT2D eigenvalue weighted by atomic mass is 10.1. The minimum absolute atomic E-state index is 0.100. The van der Waals surface area contributed by atoms with Gasteiger partial charge in [-0.15, -0.1) is 0 Å². The van der Waals surface area contributed by atoms with Gasteiger partial charge in [0.2, 0.25) is 11.6 Å². The van der Waals surface area contributed by atoms with Crippen LogP contribution < -0.4 is 10.5 Å². The summed E-state index contributed by atoms with van der Waals surface area (Å²) in [5.74, 6) is -0.583. The summed E-state index contributed by atoms with van der Waals surface area (Å²) in [5, 5.41) is 9.11. The largest absolute Gasteiger partial charge is 0.470 e. The molecule has 1 amide bonds. The van der Waals surface area contributed by atoms with E-state index in [1.165, 1.54) is 17.0 Å². The minimum atomic E-state index is -0.558. The predicted octanol–water partition coefficient (Wildman–Crippen LogP) is 1.33. The molecule has 0 spiro atoms. The van der Waals surface area contributed by atoms with Crippen LogP contribution in [0.2, 0.25) is 0 Å². The summed E-state index contributed by atoms with van der Waals surface area (Å²) in [6, 6.07) is 8.94. The Morgan fingerprint density at radius 2 is 2.14 bits per heavy atom. The smallest absolute Gasteiger partial charge is 0.420 e. The molecule has 0 unspecified atom stereocenters. The molecule has 0 aliphatic carbocycles. The lowest BCUT2D eigenvalue weighted by Crippen LogP contribution is -2.46. The fourth-order valence-electron chi connectivity index (χ4n) is 3.31. The Balaban J connectivity index is 1.47. The molecule has 142 valence electrons. The number of nitriles is 1. The van der Waals surface area contributed by atoms with Gasteiger partial charge in [0.25, 0.3) is 5.88 Å². The molecule has 9 nitrogen and oxygen atoms in total. The summed E-state index contributed by atoms with van der Waals surface area (Å²) in [6.07, 6.45) is 4.08. The number of oxazole rings is 1. The number of carbonyl (C=O) groups excluding carboxylic acids is 1. The van der Waals surface area contributed by atoms with Crippen molar-refractivity contribution in [3.05, 3.63) is 52.9 Å². The highest BCUT2D eigenvalue weighted by atomic mass is 16.5. The number of aromatic nitrogens is 3. The van der Waals surface area contributed by atoms with Crippen molar-refractivity contribution >= 4 is 17.0 Å². The Morgan fingerprint density at radius 1 is 1.32 bits per heavy atom. The number of piperidine rings is 1. The Bertz CT molecular complexity index is 1110. The third kappa shape index (κ3) is 3.44. The first kappa shape index (κ1) is 17.7. The van der Waals surface area contributed by atoms with E-state index in [1.54, 1.807) is 29.2 Å². The monoisotopic (exact) mass is 379 g/mol. The van der Waals surface area contributed by atoms with Crippen molar-refractivity contribution in [1.29, 1.82) is 5.26 Å². The maximum atomic E-state index is 12.8. The van der Waals surface area contributed by atoms with Crippen molar-refractivity contribution in [2.45, 2.75) is 25.5 Å². The standard InChI is InChI=1S/C19H17N5O4/c20-10-14-18(22-8-7-21-14)27-13-4-3-9-23(11-13)17(25)12-24-15-5-1-2-6-16(15)28-19(24)26/h1-2,5-8,13H,3-4,9,11-12H2/t13-/m1/s1. The van der Waals surface area contributed by atoms with Gasteiger partial charge in [0.15, 0.2) is 5.58 Å². The molecule has 2 aromatic heterocycles. The Labute approximate surface area is 159 Å². The lowest BCUT2D eigenvalue weighted by Gasteiger charge is -2.32. The van der Waals surface area contributed by atoms with Crippen molar-refractivity contribution < 1.29 is 13.9 Å². The molecular weight excluding hydrogens is 362 g/mol. The fraction of sp³-hybridized carbons (Fsp3) is 0.316. The molecule has 1 saturated heterocycles. The third-order valence-corrected chi connectivity index (χ3v) is 4.65. The van der Waals surface area contributed by atoms with Gasteiger partial charge in [0.1, 0.15) is 18.7 Å². The van der Waals surface area contributed by atoms with Crippen LogP contribution in [0.3, 0.4) is 0 Å². The number of ether oxygens (including phenoxy) is 1. The molecule has 28 heavy (non-hydrogen) atoms. The van der Waals surface area contributed by atoms with Crippen LogP contribution in [0.4, 0.5) is 0 Å². The van der Waals surface area contributed by atoms with Gasteiger partial charge in [-0.1, -0.05) is 12.1 Å². The molecule has 3 aromatic rings. The quantitative estimate of drug-likeness (QED) is 0.671. The number of likely N-dealkylation sites (tertiary alicyclic amines) is 1. The highest BCUT2D eigenvalue weighted by Gasteiger charge is 2.27. The van der Waals surface area contributed by atoms with Crippen molar-refractivity contribution in [3.8, 4) is 11.9 Å². The molecule has 0 bridgehead atoms. The maximum Gasteiger partial charge on any atom is 0.420 e. The first-order valence-electron chi connectivity index (χ1n) is 8.89. The van der Waals surface area contributed by atoms with Crippen LogP contribution in [0, 0.1) is 11.3 Å². The van der Waals surface area contributed by atoms with Crippen LogP contribution in [0.1, 0.15) is 18.5 Å². The fourth-order valence-corrected chi connectivity index (χ4v) is 3.31. The number of hydrogen-bond donors (Lipinski definition) is 0. The molecule has 1 aromatic carbocycles. The number of fused-ring (bicyclic) bond motifs is 1. The molecule has 1 fully saturated rings. The van der Waals surface area contributed by atoms with E-state index in [0.29, 0.717) is 24.2 Å². The summed E-state index contributed by atoms with van der Waals surface area (Å²) < 4.78 is 12.3. The van der Waals surface area contributed by atoms with E-state index in [1.807, 2.05) is 6.07 Å². The second kappa shape index (κ2) is 7.52. The zero-order valence-corrected chi connectivity index (χ0v) is 14.9. The van der Waals surface area contributed by atoms with E-state index in [9.17, 15) is 9.59 Å². The minimum Gasteiger partial charge on any atom is -0.470 e. The molecule has 0 saturated carbocycles. The van der Waals surface area contributed by atoms with Gasteiger partial charge < -0.3 is 14.1 Å². The van der Waals surface area contributed by atoms with E-state index in [4.69, 9.17) is 14.4 Å². The van der Waals surface area contributed by atoms with Gasteiger partial charge in [0, 0.05) is 18.9 Å². The molecule has 3 heterocycles. The van der Waals surface area contributed by atoms with E-state index in [0.717, 1.165) is 12.8 Å². The summed E-state index contributed by atoms with van der Waals surface area (Å²) >= 11 is 0. The van der Waals surface area contributed by atoms with E-state index >= 15 is 0 Å². The van der Waals surface area contributed by atoms with E-state index < -0.39 is 5.76 Å². The van der Waals surface area contributed by atoms with Crippen molar-refractivity contribution in [2.24, 2.45) is 0 Å². The molecule has 9 heteroatoms. The Morgan fingerprint density at radius 3 is 3.00 bits per heavy atom. The van der Waals surface area contributed by atoms with Crippen LogP contribution in [0.25, 0.3) is 11.1 Å². The highest BCUT2D eigenvalue weighted by Crippen LogP contribution is 2.19. The normalized spacial score (nSPS) is 16.7. The first-order valence-corrected chi connectivity index (χ1v) is 8.89. The highest BCUT2D eigenvalue weighted by molar-refractivity contribution is 5.79. The number of amides is 1. The van der Waals surface area contributed by atoms with E-state index in [-0.39, 0.29) is 30.1 Å². The van der Waals surface area contributed by atoms with Crippen molar-refractivity contribution in [1.82, 2.24) is 19.4 Å². The second-order valence-corrected chi connectivity index (χ2v) is 6.47. The van der Waals surface area contributed by atoms with Gasteiger partial charge in [-0.25, -0.2) is 14.8 Å². The molecule has 0 radical (unpaired) electrons. The van der Waals surface area contributed by atoms with E-state index in [2.05, 4.69) is 9.97 Å². The van der Waals surface area contributed by atoms with Crippen LogP contribution in [-0.2, 0) is 11.3 Å². The molecule has 0 N–H and O–H groups in total. The van der Waals surface area contributed by atoms with Gasteiger partial charge in [-0.2, -0.15) is 5.26 Å². The van der Waals surface area contributed by atoms with Gasteiger partial charge in [-0.3, -0.25) is 9.36 Å². The molecule has 1 aliphatic heterocycles. The first-order chi connectivity index (χ1) is 13.7. The summed E-state index contributed by atoms with van der Waals surface area (Å²) in [5.41, 5.74) is 1.15. The summed E-state index contributed by atoms with van der Waals surface area (Å²) in [7, 11) is 0. The van der Waals surface area contributed by atoms with Crippen LogP contribution >= 0.6 is 0 Å². The number of rotatable bonds is 4. The SMILES string of the molecule is N#Cc1nccnc1O[C@@H]1CCCN(C(=O)Cn2c(=O)oc3ccccc32)C1. The average molecular weight is 379 g/mol. The van der Waals surface area contributed by atoms with Crippen molar-refractivity contribution in [2.75, 3.05) is 13.1 Å². The number of carbonyl (C=O) groups is 1. The maximum absolute atomic E-state index is 12.8. The zero-order chi connectivity index (χ0) is 19.5. The predicted molar refractivity (Wildman–Crippen MR) is 97.5 cm³/mol. The molecule has 1 atom stereocenters. The number of hydrogen-bond acceptors (Lipinski definition) is 7. The van der Waals surface area contributed by atoms with Crippen LogP contribution in [-0.4, -0.2) is 44.5 Å². The second-order valence-electron chi connectivity index (χ2n) is 6.47. The topological polar surface area (TPSA) is 114 Å². The Kier molecular flexibility index (Phi) is 4.76. The van der Waals surface area contributed by atoms with Crippen LogP contribution in [0.15, 0.2) is 45.9 Å². The average Bonchev–Trinajstić information content (AvgIpc) is 3.04. The molecule has 1 aliphatic rings. The number of para-hydroxylation sites is 2. The number of benzene rings is 1. The summed E-state index contributed by atoms with van der Waals surface area (Å²) in [6.45, 7) is 0.830. The summed E-state index contributed by atoms with van der Waals surface area (Å²) in [4.78, 5) is 34.5. The zero-order valence-electron chi connectivity index (χ0n) is 14.9. The molecule has 4 rings (SSSR count). The third-order valence-electron chi connectivity index (χ3n) is 4.65. The van der Waals surface area contributed by atoms with Gasteiger partial charge in [0.05, 0.1) is 12.1 Å². The van der Waals surface area contributed by atoms with Gasteiger partial charge >= 0.3 is 5.76 Å².